The van der Waals surface area contributed by atoms with E-state index in [0.29, 0.717) is 0 Å². The van der Waals surface area contributed by atoms with Crippen LogP contribution in [0.15, 0.2) is 36.4 Å². The van der Waals surface area contributed by atoms with E-state index in [1.165, 1.54) is 16.3 Å². The molecule has 1 aliphatic rings. The molecule has 18 heavy (non-hydrogen) atoms. The summed E-state index contributed by atoms with van der Waals surface area (Å²) < 4.78 is 11.1. The lowest BCUT2D eigenvalue weighted by Crippen LogP contribution is -2.19. The van der Waals surface area contributed by atoms with Crippen LogP contribution in [0.3, 0.4) is 0 Å². The zero-order valence-electron chi connectivity index (χ0n) is 10.9. The number of hydrogen-bond acceptors (Lipinski definition) is 2. The van der Waals surface area contributed by atoms with Crippen molar-refractivity contribution in [3.63, 3.8) is 0 Å². The van der Waals surface area contributed by atoms with Gasteiger partial charge in [-0.25, -0.2) is 0 Å². The number of fused-ring (bicyclic) bond motifs is 1. The standard InChI is InChI=1S/C16H18O2/c1-16(8-3-9-18-16)14-6-4-13-11-15(17-2)7-5-12(13)10-14/h4-7,10-11H,3,8-9H2,1-2H3. The van der Waals surface area contributed by atoms with E-state index >= 15 is 0 Å². The number of ether oxygens (including phenoxy) is 2. The van der Waals surface area contributed by atoms with Gasteiger partial charge in [0.25, 0.3) is 0 Å². The molecule has 0 radical (unpaired) electrons. The Balaban J connectivity index is 2.06. The molecule has 1 atom stereocenters. The van der Waals surface area contributed by atoms with Crippen LogP contribution in [0.5, 0.6) is 5.75 Å². The van der Waals surface area contributed by atoms with E-state index in [0.717, 1.165) is 25.2 Å². The Bertz CT molecular complexity index is 568. The third-order valence-electron chi connectivity index (χ3n) is 3.88. The molecule has 1 heterocycles. The molecule has 2 nitrogen and oxygen atoms in total. The minimum atomic E-state index is -0.103. The predicted molar refractivity (Wildman–Crippen MR) is 73.0 cm³/mol. The summed E-state index contributed by atoms with van der Waals surface area (Å²) in [5.74, 6) is 0.901. The van der Waals surface area contributed by atoms with Gasteiger partial charge in [0, 0.05) is 6.61 Å². The monoisotopic (exact) mass is 242 g/mol. The normalized spacial score (nSPS) is 23.4. The third-order valence-corrected chi connectivity index (χ3v) is 3.88. The summed E-state index contributed by atoms with van der Waals surface area (Å²) in [7, 11) is 1.70. The molecule has 0 spiro atoms. The van der Waals surface area contributed by atoms with Crippen molar-refractivity contribution in [3.05, 3.63) is 42.0 Å². The molecular formula is C16H18O2. The van der Waals surface area contributed by atoms with Gasteiger partial charge >= 0.3 is 0 Å². The molecular weight excluding hydrogens is 224 g/mol. The smallest absolute Gasteiger partial charge is 0.119 e. The van der Waals surface area contributed by atoms with Crippen molar-refractivity contribution >= 4 is 10.8 Å². The minimum Gasteiger partial charge on any atom is -0.497 e. The second-order valence-electron chi connectivity index (χ2n) is 5.11. The van der Waals surface area contributed by atoms with E-state index in [1.54, 1.807) is 7.11 Å². The maximum absolute atomic E-state index is 5.90. The van der Waals surface area contributed by atoms with Crippen molar-refractivity contribution in [2.45, 2.75) is 25.4 Å². The number of benzene rings is 2. The summed E-state index contributed by atoms with van der Waals surface area (Å²) in [6.07, 6.45) is 2.26. The van der Waals surface area contributed by atoms with E-state index < -0.39 is 0 Å². The fourth-order valence-electron chi connectivity index (χ4n) is 2.69. The summed E-state index contributed by atoms with van der Waals surface area (Å²) in [6, 6.07) is 12.7. The predicted octanol–water partition coefficient (Wildman–Crippen LogP) is 3.87. The van der Waals surface area contributed by atoms with Gasteiger partial charge in [-0.15, -0.1) is 0 Å². The highest BCUT2D eigenvalue weighted by Crippen LogP contribution is 2.37. The molecule has 3 rings (SSSR count). The van der Waals surface area contributed by atoms with E-state index in [9.17, 15) is 0 Å². The zero-order chi connectivity index (χ0) is 12.6. The molecule has 1 unspecified atom stereocenters. The molecule has 2 heteroatoms. The SMILES string of the molecule is COc1ccc2cc(C3(C)CCCO3)ccc2c1. The molecule has 0 saturated carbocycles. The molecule has 2 aromatic carbocycles. The van der Waals surface area contributed by atoms with E-state index in [-0.39, 0.29) is 5.60 Å². The van der Waals surface area contributed by atoms with E-state index in [4.69, 9.17) is 9.47 Å². The average molecular weight is 242 g/mol. The van der Waals surface area contributed by atoms with E-state index in [1.807, 2.05) is 6.07 Å². The van der Waals surface area contributed by atoms with Gasteiger partial charge in [0.05, 0.1) is 12.7 Å². The van der Waals surface area contributed by atoms with Crippen LogP contribution in [0.2, 0.25) is 0 Å². The zero-order valence-corrected chi connectivity index (χ0v) is 10.9. The molecule has 2 aromatic rings. The van der Waals surface area contributed by atoms with Crippen LogP contribution >= 0.6 is 0 Å². The Kier molecular flexibility index (Phi) is 2.75. The highest BCUT2D eigenvalue weighted by atomic mass is 16.5. The van der Waals surface area contributed by atoms with Crippen molar-refractivity contribution in [2.24, 2.45) is 0 Å². The van der Waals surface area contributed by atoms with Crippen molar-refractivity contribution in [2.75, 3.05) is 13.7 Å². The van der Waals surface area contributed by atoms with Crippen molar-refractivity contribution in [1.29, 1.82) is 0 Å². The maximum Gasteiger partial charge on any atom is 0.119 e. The van der Waals surface area contributed by atoms with Crippen LogP contribution in [-0.2, 0) is 10.3 Å². The van der Waals surface area contributed by atoms with Gasteiger partial charge in [-0.3, -0.25) is 0 Å². The highest BCUT2D eigenvalue weighted by Gasteiger charge is 2.31. The molecule has 0 amide bonds. The largest absolute Gasteiger partial charge is 0.497 e. The van der Waals surface area contributed by atoms with Crippen LogP contribution in [0.4, 0.5) is 0 Å². The Morgan fingerprint density at radius 2 is 1.89 bits per heavy atom. The Morgan fingerprint density at radius 3 is 2.61 bits per heavy atom. The van der Waals surface area contributed by atoms with Crippen LogP contribution in [0.25, 0.3) is 10.8 Å². The number of methoxy groups -OCH3 is 1. The molecule has 0 aliphatic carbocycles. The quantitative estimate of drug-likeness (QED) is 0.795. The van der Waals surface area contributed by atoms with Crippen molar-refractivity contribution in [3.8, 4) is 5.75 Å². The van der Waals surface area contributed by atoms with E-state index in [2.05, 4.69) is 37.3 Å². The Labute approximate surface area is 108 Å². The fourth-order valence-corrected chi connectivity index (χ4v) is 2.69. The Morgan fingerprint density at radius 1 is 1.11 bits per heavy atom. The fraction of sp³-hybridized carbons (Fsp3) is 0.375. The summed E-state index contributed by atoms with van der Waals surface area (Å²) in [5, 5.41) is 2.45. The lowest BCUT2D eigenvalue weighted by atomic mass is 9.91. The lowest BCUT2D eigenvalue weighted by Gasteiger charge is -2.24. The first-order valence-electron chi connectivity index (χ1n) is 6.43. The van der Waals surface area contributed by atoms with Crippen LogP contribution in [-0.4, -0.2) is 13.7 Å². The molecule has 1 fully saturated rings. The summed E-state index contributed by atoms with van der Waals surface area (Å²) in [5.41, 5.74) is 1.17. The summed E-state index contributed by atoms with van der Waals surface area (Å²) in [4.78, 5) is 0. The number of rotatable bonds is 2. The second kappa shape index (κ2) is 4.29. The topological polar surface area (TPSA) is 18.5 Å². The van der Waals surface area contributed by atoms with Gasteiger partial charge in [-0.1, -0.05) is 18.2 Å². The lowest BCUT2D eigenvalue weighted by molar-refractivity contribution is 0.0169. The summed E-state index contributed by atoms with van der Waals surface area (Å²) in [6.45, 7) is 3.06. The van der Waals surface area contributed by atoms with Crippen LogP contribution < -0.4 is 4.74 Å². The molecule has 0 aromatic heterocycles. The number of hydrogen-bond donors (Lipinski definition) is 0. The van der Waals surface area contributed by atoms with Gasteiger partial charge in [0.2, 0.25) is 0 Å². The maximum atomic E-state index is 5.90. The second-order valence-corrected chi connectivity index (χ2v) is 5.11. The first-order valence-corrected chi connectivity index (χ1v) is 6.43. The van der Waals surface area contributed by atoms with Gasteiger partial charge in [0.1, 0.15) is 5.75 Å². The first kappa shape index (κ1) is 11.5. The molecule has 0 bridgehead atoms. The Hall–Kier alpha value is -1.54. The third kappa shape index (κ3) is 1.87. The van der Waals surface area contributed by atoms with Gasteiger partial charge in [-0.2, -0.15) is 0 Å². The van der Waals surface area contributed by atoms with Gasteiger partial charge < -0.3 is 9.47 Å². The molecule has 94 valence electrons. The van der Waals surface area contributed by atoms with Gasteiger partial charge in [-0.05, 0) is 54.3 Å². The van der Waals surface area contributed by atoms with Crippen molar-refractivity contribution in [1.82, 2.24) is 0 Å². The van der Waals surface area contributed by atoms with Crippen LogP contribution in [0, 0.1) is 0 Å². The minimum absolute atomic E-state index is 0.103. The average Bonchev–Trinajstić information content (AvgIpc) is 2.85. The van der Waals surface area contributed by atoms with Gasteiger partial charge in [0.15, 0.2) is 0 Å². The highest BCUT2D eigenvalue weighted by molar-refractivity contribution is 5.84. The molecule has 1 saturated heterocycles. The summed E-state index contributed by atoms with van der Waals surface area (Å²) >= 11 is 0. The first-order chi connectivity index (χ1) is 8.71. The molecule has 0 N–H and O–H groups in total. The molecule has 1 aliphatic heterocycles. The van der Waals surface area contributed by atoms with Crippen molar-refractivity contribution < 1.29 is 9.47 Å². The van der Waals surface area contributed by atoms with Crippen LogP contribution in [0.1, 0.15) is 25.3 Å².